The number of aliphatic imine (C=N–C) groups is 1. The quantitative estimate of drug-likeness (QED) is 0.780. The zero-order valence-corrected chi connectivity index (χ0v) is 14.5. The normalized spacial score (nSPS) is 13.0. The van der Waals surface area contributed by atoms with Crippen LogP contribution >= 0.6 is 11.8 Å². The molecule has 2 N–H and O–H groups in total. The van der Waals surface area contributed by atoms with Gasteiger partial charge in [-0.25, -0.2) is 0 Å². The number of hydrogen-bond acceptors (Lipinski definition) is 7. The van der Waals surface area contributed by atoms with E-state index in [-0.39, 0.29) is 12.5 Å². The van der Waals surface area contributed by atoms with E-state index in [0.717, 1.165) is 5.75 Å². The number of benzene rings is 1. The van der Waals surface area contributed by atoms with Gasteiger partial charge in [0, 0.05) is 11.3 Å². The van der Waals surface area contributed by atoms with Gasteiger partial charge >= 0.3 is 0 Å². The molecule has 130 valence electrons. The third kappa shape index (κ3) is 4.31. The Hall–Kier alpha value is -2.42. The number of nitrogens with one attached hydrogen (secondary N) is 2. The zero-order valence-electron chi connectivity index (χ0n) is 13.7. The van der Waals surface area contributed by atoms with Crippen molar-refractivity contribution in [3.8, 4) is 17.2 Å². The fourth-order valence-electron chi connectivity index (χ4n) is 2.05. The molecule has 0 spiro atoms. The highest BCUT2D eigenvalue weighted by Crippen LogP contribution is 2.38. The number of nitrogens with zero attached hydrogens (tertiary/aromatic N) is 1. The van der Waals surface area contributed by atoms with E-state index in [9.17, 15) is 9.59 Å². The molecule has 8 nitrogen and oxygen atoms in total. The van der Waals surface area contributed by atoms with E-state index in [1.807, 2.05) is 0 Å². The lowest BCUT2D eigenvalue weighted by Crippen LogP contribution is -2.38. The maximum Gasteiger partial charge on any atom is 0.251 e. The topological polar surface area (TPSA) is 98.2 Å². The Bertz CT molecular complexity index is 638. The number of amides is 2. The van der Waals surface area contributed by atoms with E-state index in [1.165, 1.54) is 45.2 Å². The summed E-state index contributed by atoms with van der Waals surface area (Å²) in [7, 11) is 4.41. The maximum atomic E-state index is 12.2. The second-order valence-electron chi connectivity index (χ2n) is 4.68. The highest BCUT2D eigenvalue weighted by Gasteiger charge is 2.18. The molecule has 0 radical (unpaired) electrons. The van der Waals surface area contributed by atoms with Crippen molar-refractivity contribution in [2.45, 2.75) is 0 Å². The first-order valence-electron chi connectivity index (χ1n) is 7.14. The molecular formula is C15H19N3O5S. The van der Waals surface area contributed by atoms with Gasteiger partial charge in [-0.1, -0.05) is 11.8 Å². The molecule has 0 aliphatic carbocycles. The molecule has 0 saturated carbocycles. The third-order valence-electron chi connectivity index (χ3n) is 3.17. The smallest absolute Gasteiger partial charge is 0.251 e. The summed E-state index contributed by atoms with van der Waals surface area (Å²) in [5.41, 5.74) is 0.296. The average Bonchev–Trinajstić information content (AvgIpc) is 3.11. The number of thioether (sulfide) groups is 1. The first kappa shape index (κ1) is 17.9. The van der Waals surface area contributed by atoms with Crippen molar-refractivity contribution in [1.82, 2.24) is 10.6 Å². The first-order valence-corrected chi connectivity index (χ1v) is 8.13. The van der Waals surface area contributed by atoms with Crippen molar-refractivity contribution < 1.29 is 23.8 Å². The van der Waals surface area contributed by atoms with E-state index in [1.54, 1.807) is 0 Å². The summed E-state index contributed by atoms with van der Waals surface area (Å²) in [6.07, 6.45) is 0. The fourth-order valence-corrected chi connectivity index (χ4v) is 2.79. The van der Waals surface area contributed by atoms with Crippen LogP contribution in [0.4, 0.5) is 0 Å². The molecule has 0 fully saturated rings. The summed E-state index contributed by atoms with van der Waals surface area (Å²) in [5.74, 6) is 1.22. The molecule has 0 unspecified atom stereocenters. The van der Waals surface area contributed by atoms with E-state index in [0.29, 0.717) is 34.5 Å². The number of hydrogen-bond donors (Lipinski definition) is 2. The van der Waals surface area contributed by atoms with Crippen LogP contribution in [0.1, 0.15) is 10.4 Å². The Morgan fingerprint density at radius 1 is 1.17 bits per heavy atom. The van der Waals surface area contributed by atoms with Gasteiger partial charge in [0.25, 0.3) is 5.91 Å². The Balaban J connectivity index is 2.02. The van der Waals surface area contributed by atoms with Crippen LogP contribution in [-0.4, -0.2) is 57.2 Å². The third-order valence-corrected chi connectivity index (χ3v) is 4.06. The van der Waals surface area contributed by atoms with Crippen molar-refractivity contribution in [3.05, 3.63) is 17.7 Å². The number of amidine groups is 1. The van der Waals surface area contributed by atoms with Crippen LogP contribution in [0.25, 0.3) is 0 Å². The molecule has 2 rings (SSSR count). The minimum Gasteiger partial charge on any atom is -0.493 e. The molecule has 0 bridgehead atoms. The molecule has 1 heterocycles. The predicted octanol–water partition coefficient (Wildman–Crippen LogP) is 0.661. The first-order chi connectivity index (χ1) is 11.6. The number of methoxy groups -OCH3 is 3. The molecule has 1 aliphatic heterocycles. The number of carbonyl (C=O) groups excluding carboxylic acids is 2. The minimum atomic E-state index is -0.426. The van der Waals surface area contributed by atoms with Gasteiger partial charge < -0.3 is 24.8 Å². The molecule has 0 saturated heterocycles. The van der Waals surface area contributed by atoms with Crippen LogP contribution in [-0.2, 0) is 4.79 Å². The van der Waals surface area contributed by atoms with Crippen LogP contribution in [0.3, 0.4) is 0 Å². The van der Waals surface area contributed by atoms with Crippen LogP contribution in [0.2, 0.25) is 0 Å². The standard InChI is InChI=1S/C15H19N3O5S/c1-21-10-6-9(7-11(22-2)13(10)23-3)14(20)17-8-12(19)18-15-16-4-5-24-15/h6-7H,4-5,8H2,1-3H3,(H,17,20)(H,16,18,19). The lowest BCUT2D eigenvalue weighted by Gasteiger charge is -2.14. The van der Waals surface area contributed by atoms with Gasteiger partial charge in [-0.3, -0.25) is 14.6 Å². The zero-order chi connectivity index (χ0) is 17.5. The van der Waals surface area contributed by atoms with Crippen LogP contribution in [0.15, 0.2) is 17.1 Å². The van der Waals surface area contributed by atoms with Crippen molar-refractivity contribution in [2.75, 3.05) is 40.2 Å². The number of ether oxygens (including phenoxy) is 3. The van der Waals surface area contributed by atoms with E-state index >= 15 is 0 Å². The lowest BCUT2D eigenvalue weighted by molar-refractivity contribution is -0.118. The second-order valence-corrected chi connectivity index (χ2v) is 5.76. The summed E-state index contributed by atoms with van der Waals surface area (Å²) in [6.45, 7) is 0.535. The van der Waals surface area contributed by atoms with E-state index < -0.39 is 5.91 Å². The van der Waals surface area contributed by atoms with Crippen LogP contribution < -0.4 is 24.8 Å². The summed E-state index contributed by atoms with van der Waals surface area (Å²) in [4.78, 5) is 28.1. The lowest BCUT2D eigenvalue weighted by atomic mass is 10.1. The van der Waals surface area contributed by atoms with Gasteiger partial charge in [0.15, 0.2) is 16.7 Å². The Morgan fingerprint density at radius 2 is 1.83 bits per heavy atom. The van der Waals surface area contributed by atoms with Crippen molar-refractivity contribution >= 4 is 28.7 Å². The Morgan fingerprint density at radius 3 is 2.33 bits per heavy atom. The predicted molar refractivity (Wildman–Crippen MR) is 91.3 cm³/mol. The molecule has 24 heavy (non-hydrogen) atoms. The fraction of sp³-hybridized carbons (Fsp3) is 0.400. The SMILES string of the molecule is COc1cc(C(=O)NCC(=O)NC2=NCCS2)cc(OC)c1OC. The molecule has 2 amide bonds. The Labute approximate surface area is 143 Å². The monoisotopic (exact) mass is 353 g/mol. The molecular weight excluding hydrogens is 334 g/mol. The second kappa shape index (κ2) is 8.44. The van der Waals surface area contributed by atoms with Crippen LogP contribution in [0, 0.1) is 0 Å². The average molecular weight is 353 g/mol. The van der Waals surface area contributed by atoms with E-state index in [4.69, 9.17) is 14.2 Å². The minimum absolute atomic E-state index is 0.158. The van der Waals surface area contributed by atoms with Gasteiger partial charge in [-0.2, -0.15) is 0 Å². The molecule has 0 atom stereocenters. The summed E-state index contributed by atoms with van der Waals surface area (Å²) in [6, 6.07) is 3.04. The highest BCUT2D eigenvalue weighted by molar-refractivity contribution is 8.14. The van der Waals surface area contributed by atoms with Crippen molar-refractivity contribution in [3.63, 3.8) is 0 Å². The number of carbonyl (C=O) groups is 2. The molecule has 1 aromatic carbocycles. The Kier molecular flexibility index (Phi) is 6.30. The van der Waals surface area contributed by atoms with Crippen molar-refractivity contribution in [1.29, 1.82) is 0 Å². The van der Waals surface area contributed by atoms with Gasteiger partial charge in [-0.05, 0) is 12.1 Å². The summed E-state index contributed by atoms with van der Waals surface area (Å²) >= 11 is 1.47. The summed E-state index contributed by atoms with van der Waals surface area (Å²) in [5, 5.41) is 5.77. The van der Waals surface area contributed by atoms with Gasteiger partial charge in [0.1, 0.15) is 0 Å². The van der Waals surface area contributed by atoms with E-state index in [2.05, 4.69) is 15.6 Å². The molecule has 1 aromatic rings. The van der Waals surface area contributed by atoms with Gasteiger partial charge in [-0.15, -0.1) is 0 Å². The van der Waals surface area contributed by atoms with Crippen molar-refractivity contribution in [2.24, 2.45) is 4.99 Å². The molecule has 0 aromatic heterocycles. The maximum absolute atomic E-state index is 12.2. The van der Waals surface area contributed by atoms with Gasteiger partial charge in [0.05, 0.1) is 34.4 Å². The highest BCUT2D eigenvalue weighted by atomic mass is 32.2. The van der Waals surface area contributed by atoms with Crippen LogP contribution in [0.5, 0.6) is 17.2 Å². The number of rotatable bonds is 6. The van der Waals surface area contributed by atoms with Gasteiger partial charge in [0.2, 0.25) is 11.7 Å². The molecule has 1 aliphatic rings. The molecule has 9 heteroatoms. The largest absolute Gasteiger partial charge is 0.493 e. The summed E-state index contributed by atoms with van der Waals surface area (Å²) < 4.78 is 15.6.